The number of hydrogen-bond acceptors (Lipinski definition) is 7. The fraction of sp³-hybridized carbons (Fsp3) is 0.571. The Labute approximate surface area is 239 Å². The Bertz CT molecular complexity index is 1290. The monoisotopic (exact) mass is 599 g/mol. The zero-order chi connectivity index (χ0) is 28.9. The second-order valence-electron chi connectivity index (χ2n) is 11.4. The van der Waals surface area contributed by atoms with Gasteiger partial charge in [0.2, 0.25) is 10.0 Å². The number of aliphatic hydroxyl groups is 2. The third-order valence-corrected chi connectivity index (χ3v) is 11.2. The second kappa shape index (κ2) is 11.1. The molecule has 3 fully saturated rings. The highest BCUT2D eigenvalue weighted by Crippen LogP contribution is 2.40. The van der Waals surface area contributed by atoms with Crippen molar-refractivity contribution in [2.24, 2.45) is 0 Å². The Morgan fingerprint density at radius 1 is 1.00 bits per heavy atom. The van der Waals surface area contributed by atoms with Crippen molar-refractivity contribution >= 4 is 28.3 Å². The smallest absolute Gasteiger partial charge is 0.393 e. The summed E-state index contributed by atoms with van der Waals surface area (Å²) in [5.74, 6) is 0. The van der Waals surface area contributed by atoms with Crippen LogP contribution in [0.5, 0.6) is 0 Å². The predicted octanol–water partition coefficient (Wildman–Crippen LogP) is 4.00. The van der Waals surface area contributed by atoms with Gasteiger partial charge in [0.05, 0.1) is 17.0 Å². The largest absolute Gasteiger partial charge is 0.421 e. The van der Waals surface area contributed by atoms with Crippen LogP contribution in [0.4, 0.5) is 18.9 Å². The topological polar surface area (TPSA) is 84.3 Å². The normalized spacial score (nSPS) is 28.3. The molecule has 220 valence electrons. The average Bonchev–Trinajstić information content (AvgIpc) is 2.89. The molecule has 0 saturated carbocycles. The van der Waals surface area contributed by atoms with Gasteiger partial charge < -0.3 is 15.1 Å². The van der Waals surface area contributed by atoms with Crippen LogP contribution < -0.4 is 4.90 Å². The van der Waals surface area contributed by atoms with E-state index in [0.29, 0.717) is 36.5 Å². The van der Waals surface area contributed by atoms with E-state index in [0.717, 1.165) is 26.2 Å². The molecule has 3 aliphatic heterocycles. The van der Waals surface area contributed by atoms with Crippen LogP contribution in [-0.4, -0.2) is 84.4 Å². The van der Waals surface area contributed by atoms with Gasteiger partial charge >= 0.3 is 6.18 Å². The molecule has 0 amide bonds. The summed E-state index contributed by atoms with van der Waals surface area (Å²) in [6.45, 7) is 2.05. The number of anilines is 1. The molecule has 3 saturated heterocycles. The zero-order valence-electron chi connectivity index (χ0n) is 22.3. The molecular weight excluding hydrogens is 563 g/mol. The lowest BCUT2D eigenvalue weighted by molar-refractivity contribution is -0.258. The standard InChI is InChI=1S/C28H36F3N3O4S2/c1-27(36,28(29,30)31)19-9-11-20(12-10-19)33-14-13-32(40(37,38)26-8-3-2-7-25(26)39)17-23(33)18-34-21-5-4-6-22(34)16-24(35)15-21/h2-3,7-12,21-24,35-36,39H,4-6,13-18H2,1H3/t21?,22?,23-,24?,27-/m1/s1. The van der Waals surface area contributed by atoms with Crippen LogP contribution in [0, 0.1) is 0 Å². The molecule has 40 heavy (non-hydrogen) atoms. The van der Waals surface area contributed by atoms with Crippen molar-refractivity contribution < 1.29 is 31.8 Å². The first-order chi connectivity index (χ1) is 18.8. The third-order valence-electron chi connectivity index (χ3n) is 8.76. The van der Waals surface area contributed by atoms with Crippen molar-refractivity contribution in [3.8, 4) is 0 Å². The summed E-state index contributed by atoms with van der Waals surface area (Å²) >= 11 is 4.37. The van der Waals surface area contributed by atoms with Crippen LogP contribution in [0.25, 0.3) is 0 Å². The number of rotatable bonds is 6. The van der Waals surface area contributed by atoms with Gasteiger partial charge in [0.1, 0.15) is 0 Å². The zero-order valence-corrected chi connectivity index (χ0v) is 24.0. The number of fused-ring (bicyclic) bond motifs is 2. The summed E-state index contributed by atoms with van der Waals surface area (Å²) in [7, 11) is -3.83. The number of hydrogen-bond donors (Lipinski definition) is 3. The third kappa shape index (κ3) is 5.63. The van der Waals surface area contributed by atoms with Gasteiger partial charge in [0, 0.05) is 48.8 Å². The van der Waals surface area contributed by atoms with Gasteiger partial charge in [-0.15, -0.1) is 12.6 Å². The molecule has 2 aromatic carbocycles. The van der Waals surface area contributed by atoms with E-state index in [4.69, 9.17) is 0 Å². The maximum Gasteiger partial charge on any atom is 0.421 e. The molecule has 3 aliphatic rings. The molecule has 12 heteroatoms. The van der Waals surface area contributed by atoms with E-state index < -0.39 is 21.8 Å². The lowest BCUT2D eigenvalue weighted by Gasteiger charge is -2.51. The van der Waals surface area contributed by atoms with Crippen LogP contribution in [0.2, 0.25) is 0 Å². The first kappa shape index (κ1) is 29.7. The number of aliphatic hydroxyl groups excluding tert-OH is 1. The van der Waals surface area contributed by atoms with E-state index in [1.54, 1.807) is 36.4 Å². The number of nitrogens with zero attached hydrogens (tertiary/aromatic N) is 3. The lowest BCUT2D eigenvalue weighted by Crippen LogP contribution is -2.62. The summed E-state index contributed by atoms with van der Waals surface area (Å²) in [4.78, 5) is 4.97. The van der Waals surface area contributed by atoms with Gasteiger partial charge in [-0.25, -0.2) is 8.42 Å². The Kier molecular flexibility index (Phi) is 8.23. The van der Waals surface area contributed by atoms with Gasteiger partial charge in [-0.3, -0.25) is 4.90 Å². The molecule has 5 rings (SSSR count). The van der Waals surface area contributed by atoms with Crippen LogP contribution in [-0.2, 0) is 15.6 Å². The molecule has 0 aromatic heterocycles. The molecule has 0 spiro atoms. The fourth-order valence-corrected chi connectivity index (χ4v) is 8.55. The van der Waals surface area contributed by atoms with Crippen molar-refractivity contribution in [1.29, 1.82) is 0 Å². The van der Waals surface area contributed by atoms with Crippen molar-refractivity contribution in [2.75, 3.05) is 31.1 Å². The molecule has 4 atom stereocenters. The minimum Gasteiger partial charge on any atom is -0.393 e. The molecule has 7 nitrogen and oxygen atoms in total. The first-order valence-electron chi connectivity index (χ1n) is 13.7. The minimum atomic E-state index is -4.82. The van der Waals surface area contributed by atoms with Crippen molar-refractivity contribution in [1.82, 2.24) is 9.21 Å². The highest BCUT2D eigenvalue weighted by Gasteiger charge is 2.51. The van der Waals surface area contributed by atoms with Crippen LogP contribution in [0.15, 0.2) is 58.3 Å². The fourth-order valence-electron chi connectivity index (χ4n) is 6.49. The van der Waals surface area contributed by atoms with E-state index in [1.165, 1.54) is 16.4 Å². The molecule has 0 aliphatic carbocycles. The first-order valence-corrected chi connectivity index (χ1v) is 15.6. The Morgan fingerprint density at radius 3 is 2.23 bits per heavy atom. The second-order valence-corrected chi connectivity index (χ2v) is 13.7. The predicted molar refractivity (Wildman–Crippen MR) is 149 cm³/mol. The van der Waals surface area contributed by atoms with E-state index in [1.807, 2.05) is 0 Å². The van der Waals surface area contributed by atoms with Crippen LogP contribution in [0.1, 0.15) is 44.6 Å². The summed E-state index contributed by atoms with van der Waals surface area (Å²) in [6, 6.07) is 12.4. The van der Waals surface area contributed by atoms with Gasteiger partial charge in [0.25, 0.3) is 0 Å². The number of halogens is 3. The molecule has 2 unspecified atom stereocenters. The van der Waals surface area contributed by atoms with Gasteiger partial charge in [-0.1, -0.05) is 30.7 Å². The Balaban J connectivity index is 1.45. The summed E-state index contributed by atoms with van der Waals surface area (Å²) < 4.78 is 69.0. The molecule has 2 N–H and O–H groups in total. The van der Waals surface area contributed by atoms with Crippen molar-refractivity contribution in [3.63, 3.8) is 0 Å². The summed E-state index contributed by atoms with van der Waals surface area (Å²) in [5, 5.41) is 20.5. The Morgan fingerprint density at radius 2 is 1.62 bits per heavy atom. The average molecular weight is 600 g/mol. The van der Waals surface area contributed by atoms with Crippen molar-refractivity contribution in [3.05, 3.63) is 54.1 Å². The van der Waals surface area contributed by atoms with Crippen LogP contribution >= 0.6 is 12.6 Å². The number of benzene rings is 2. The number of alkyl halides is 3. The van der Waals surface area contributed by atoms with E-state index >= 15 is 0 Å². The van der Waals surface area contributed by atoms with Gasteiger partial charge in [-0.2, -0.15) is 17.5 Å². The molecule has 2 aromatic rings. The lowest BCUT2D eigenvalue weighted by atomic mass is 9.82. The highest BCUT2D eigenvalue weighted by molar-refractivity contribution is 7.90. The molecule has 0 radical (unpaired) electrons. The Hall–Kier alpha value is -1.83. The minimum absolute atomic E-state index is 0.141. The van der Waals surface area contributed by atoms with Gasteiger partial charge in [-0.05, 0) is 62.4 Å². The number of thiol groups is 1. The van der Waals surface area contributed by atoms with E-state index in [9.17, 15) is 31.8 Å². The van der Waals surface area contributed by atoms with Crippen LogP contribution in [0.3, 0.4) is 0 Å². The maximum absolute atomic E-state index is 13.7. The van der Waals surface area contributed by atoms with Gasteiger partial charge in [0.15, 0.2) is 5.60 Å². The SMILES string of the molecule is C[C@@](O)(c1ccc(N2CCN(S(=O)(=O)c3ccccc3S)C[C@@H]2CN2C3CCCC2CC(O)C3)cc1)C(F)(F)F. The summed E-state index contributed by atoms with van der Waals surface area (Å²) in [6.07, 6.45) is -0.776. The molecule has 2 bridgehead atoms. The number of piperidine rings is 2. The quantitative estimate of drug-likeness (QED) is 0.436. The number of piperazine rings is 1. The number of sulfonamides is 1. The summed E-state index contributed by atoms with van der Waals surface area (Å²) in [5.41, 5.74) is -2.57. The maximum atomic E-state index is 13.7. The van der Waals surface area contributed by atoms with E-state index in [2.05, 4.69) is 22.4 Å². The highest BCUT2D eigenvalue weighted by atomic mass is 32.2. The molecular formula is C28H36F3N3O4S2. The van der Waals surface area contributed by atoms with Crippen molar-refractivity contribution in [2.45, 2.75) is 84.8 Å². The molecule has 3 heterocycles. The van der Waals surface area contributed by atoms with E-state index in [-0.39, 0.29) is 47.8 Å².